The fourth-order valence-electron chi connectivity index (χ4n) is 0.897. The van der Waals surface area contributed by atoms with Gasteiger partial charge in [0.15, 0.2) is 0 Å². The largest absolute Gasteiger partial charge is 0.192 e. The van der Waals surface area contributed by atoms with E-state index in [0.717, 1.165) is 0 Å². The fourth-order valence-corrected chi connectivity index (χ4v) is 1.06. The summed E-state index contributed by atoms with van der Waals surface area (Å²) in [6.07, 6.45) is 0. The third kappa shape index (κ3) is 3.25. The first-order valence-corrected chi connectivity index (χ1v) is 4.35. The van der Waals surface area contributed by atoms with Crippen LogP contribution in [0.1, 0.15) is 11.1 Å². The molecule has 0 unspecified atom stereocenters. The molecule has 1 aromatic rings. The first kappa shape index (κ1) is 10.9. The first-order chi connectivity index (χ1) is 7.27. The molecule has 0 aromatic heterocycles. The van der Waals surface area contributed by atoms with Crippen molar-refractivity contribution in [3.05, 3.63) is 44.8 Å². The maximum atomic E-state index is 8.70. The van der Waals surface area contributed by atoms with E-state index in [1.807, 2.05) is 6.07 Å². The van der Waals surface area contributed by atoms with Crippen molar-refractivity contribution in [1.82, 2.24) is 0 Å². The summed E-state index contributed by atoms with van der Waals surface area (Å²) < 4.78 is 0. The van der Waals surface area contributed by atoms with E-state index in [1.54, 1.807) is 18.2 Å². The second kappa shape index (κ2) is 5.57. The van der Waals surface area contributed by atoms with Gasteiger partial charge in [0.05, 0.1) is 17.1 Å². The van der Waals surface area contributed by atoms with Crippen LogP contribution in [0.2, 0.25) is 5.02 Å². The van der Waals surface area contributed by atoms with Crippen molar-refractivity contribution in [1.29, 1.82) is 5.26 Å². The molecule has 0 amide bonds. The lowest BCUT2D eigenvalue weighted by molar-refractivity contribution is 1.25. The summed E-state index contributed by atoms with van der Waals surface area (Å²) >= 11 is 5.74. The fraction of sp³-hybridized carbons (Fsp3) is 0.100. The lowest BCUT2D eigenvalue weighted by atomic mass is 10.1. The van der Waals surface area contributed by atoms with Gasteiger partial charge in [-0.05, 0) is 23.7 Å². The maximum absolute atomic E-state index is 8.70. The van der Waals surface area contributed by atoms with Crippen LogP contribution in [0.4, 0.5) is 0 Å². The smallest absolute Gasteiger partial charge is 0.101 e. The molecule has 0 radical (unpaired) electrons. The molecule has 0 heterocycles. The SMILES string of the molecule is N#Cc1cc(C#CCN=[N+]=[N-])ccc1Cl. The number of nitrogens with zero attached hydrogens (tertiary/aromatic N) is 4. The van der Waals surface area contributed by atoms with Gasteiger partial charge in [-0.2, -0.15) is 5.26 Å². The molecule has 0 spiro atoms. The van der Waals surface area contributed by atoms with E-state index in [-0.39, 0.29) is 6.54 Å². The van der Waals surface area contributed by atoms with Gasteiger partial charge in [-0.15, -0.1) is 0 Å². The van der Waals surface area contributed by atoms with E-state index in [4.69, 9.17) is 22.4 Å². The van der Waals surface area contributed by atoms with Gasteiger partial charge in [0.1, 0.15) is 6.07 Å². The predicted molar refractivity (Wildman–Crippen MR) is 57.1 cm³/mol. The average Bonchev–Trinajstić information content (AvgIpc) is 2.26. The summed E-state index contributed by atoms with van der Waals surface area (Å²) in [7, 11) is 0. The number of nitriles is 1. The van der Waals surface area contributed by atoms with Crippen LogP contribution in [-0.4, -0.2) is 6.54 Å². The Hall–Kier alpha value is -2.13. The molecule has 0 saturated heterocycles. The molecule has 0 aliphatic carbocycles. The average molecular weight is 217 g/mol. The number of hydrogen-bond acceptors (Lipinski definition) is 2. The van der Waals surface area contributed by atoms with Gasteiger partial charge in [-0.1, -0.05) is 28.6 Å². The van der Waals surface area contributed by atoms with Gasteiger partial charge in [0, 0.05) is 10.5 Å². The molecule has 0 aliphatic heterocycles. The van der Waals surface area contributed by atoms with Crippen molar-refractivity contribution in [2.24, 2.45) is 5.11 Å². The molecule has 15 heavy (non-hydrogen) atoms. The number of benzene rings is 1. The van der Waals surface area contributed by atoms with E-state index in [2.05, 4.69) is 21.9 Å². The summed E-state index contributed by atoms with van der Waals surface area (Å²) in [6.45, 7) is 0.112. The normalized spacial score (nSPS) is 8.00. The molecule has 1 rings (SSSR count). The molecule has 72 valence electrons. The van der Waals surface area contributed by atoms with Gasteiger partial charge in [-0.25, -0.2) is 0 Å². The van der Waals surface area contributed by atoms with Crippen molar-refractivity contribution in [3.8, 4) is 17.9 Å². The predicted octanol–water partition coefficient (Wildman–Crippen LogP) is 2.87. The number of rotatable bonds is 1. The van der Waals surface area contributed by atoms with Crippen molar-refractivity contribution in [2.45, 2.75) is 0 Å². The Balaban J connectivity index is 2.91. The van der Waals surface area contributed by atoms with Crippen LogP contribution in [0.15, 0.2) is 23.3 Å². The quantitative estimate of drug-likeness (QED) is 0.308. The second-order valence-electron chi connectivity index (χ2n) is 2.50. The molecule has 5 heteroatoms. The molecule has 0 atom stereocenters. The topological polar surface area (TPSA) is 72.5 Å². The van der Waals surface area contributed by atoms with Gasteiger partial charge >= 0.3 is 0 Å². The lowest BCUT2D eigenvalue weighted by Gasteiger charge is -1.94. The summed E-state index contributed by atoms with van der Waals surface area (Å²) in [5, 5.41) is 12.4. The van der Waals surface area contributed by atoms with Gasteiger partial charge in [0.2, 0.25) is 0 Å². The zero-order valence-electron chi connectivity index (χ0n) is 7.61. The first-order valence-electron chi connectivity index (χ1n) is 3.97. The summed E-state index contributed by atoms with van der Waals surface area (Å²) in [6, 6.07) is 6.85. The van der Waals surface area contributed by atoms with Crippen LogP contribution in [-0.2, 0) is 0 Å². The van der Waals surface area contributed by atoms with E-state index < -0.39 is 0 Å². The van der Waals surface area contributed by atoms with E-state index in [0.29, 0.717) is 16.1 Å². The lowest BCUT2D eigenvalue weighted by Crippen LogP contribution is -1.80. The van der Waals surface area contributed by atoms with Gasteiger partial charge < -0.3 is 0 Å². The molecule has 0 fully saturated rings. The standard InChI is InChI=1S/C10H5ClN4/c11-10-4-3-8(6-9(10)7-12)2-1-5-14-15-13/h3-4,6H,5H2. The highest BCUT2D eigenvalue weighted by Crippen LogP contribution is 2.15. The van der Waals surface area contributed by atoms with Crippen molar-refractivity contribution >= 4 is 11.6 Å². The zero-order valence-corrected chi connectivity index (χ0v) is 8.36. The monoisotopic (exact) mass is 216 g/mol. The van der Waals surface area contributed by atoms with Crippen LogP contribution in [0.3, 0.4) is 0 Å². The van der Waals surface area contributed by atoms with Crippen molar-refractivity contribution in [3.63, 3.8) is 0 Å². The number of hydrogen-bond donors (Lipinski definition) is 0. The molecule has 0 N–H and O–H groups in total. The Bertz CT molecular complexity index is 512. The summed E-state index contributed by atoms with van der Waals surface area (Å²) in [5.74, 6) is 5.41. The number of halogens is 1. The highest BCUT2D eigenvalue weighted by molar-refractivity contribution is 6.31. The van der Waals surface area contributed by atoms with Crippen LogP contribution in [0.25, 0.3) is 10.4 Å². The highest BCUT2D eigenvalue weighted by atomic mass is 35.5. The van der Waals surface area contributed by atoms with Crippen LogP contribution < -0.4 is 0 Å². The highest BCUT2D eigenvalue weighted by Gasteiger charge is 1.98. The zero-order chi connectivity index (χ0) is 11.1. The summed E-state index contributed by atoms with van der Waals surface area (Å²) in [4.78, 5) is 2.56. The molecular weight excluding hydrogens is 212 g/mol. The van der Waals surface area contributed by atoms with Crippen LogP contribution in [0.5, 0.6) is 0 Å². The Morgan fingerprint density at radius 1 is 1.53 bits per heavy atom. The maximum Gasteiger partial charge on any atom is 0.101 e. The molecule has 4 nitrogen and oxygen atoms in total. The van der Waals surface area contributed by atoms with Crippen molar-refractivity contribution in [2.75, 3.05) is 6.54 Å². The molecule has 0 bridgehead atoms. The van der Waals surface area contributed by atoms with E-state index >= 15 is 0 Å². The Morgan fingerprint density at radius 3 is 3.00 bits per heavy atom. The Morgan fingerprint density at radius 2 is 2.33 bits per heavy atom. The molecular formula is C10H5ClN4. The van der Waals surface area contributed by atoms with E-state index in [1.165, 1.54) is 0 Å². The van der Waals surface area contributed by atoms with Crippen LogP contribution in [0, 0.1) is 23.2 Å². The van der Waals surface area contributed by atoms with E-state index in [9.17, 15) is 0 Å². The third-order valence-corrected chi connectivity index (χ3v) is 1.86. The van der Waals surface area contributed by atoms with Gasteiger partial charge in [0.25, 0.3) is 0 Å². The minimum atomic E-state index is 0.112. The Kier molecular flexibility index (Phi) is 4.06. The molecule has 0 aliphatic rings. The molecule has 0 saturated carbocycles. The summed E-state index contributed by atoms with van der Waals surface area (Å²) in [5.41, 5.74) is 9.06. The minimum Gasteiger partial charge on any atom is -0.192 e. The van der Waals surface area contributed by atoms with Crippen LogP contribution >= 0.6 is 11.6 Å². The van der Waals surface area contributed by atoms with Gasteiger partial charge in [-0.3, -0.25) is 0 Å². The third-order valence-electron chi connectivity index (χ3n) is 1.53. The molecule has 1 aromatic carbocycles. The minimum absolute atomic E-state index is 0.112. The van der Waals surface area contributed by atoms with Crippen molar-refractivity contribution < 1.29 is 0 Å². The number of azide groups is 1. The second-order valence-corrected chi connectivity index (χ2v) is 2.90. The Labute approximate surface area is 91.7 Å².